The molecule has 1 aromatic carbocycles. The Morgan fingerprint density at radius 3 is 2.48 bits per heavy atom. The maximum atomic E-state index is 12.6. The first-order valence-corrected chi connectivity index (χ1v) is 7.86. The largest absolute Gasteiger partial charge is 0.394 e. The molecule has 4 nitrogen and oxygen atoms in total. The maximum absolute atomic E-state index is 12.6. The zero-order valence-corrected chi connectivity index (χ0v) is 12.6. The third-order valence-corrected chi connectivity index (χ3v) is 4.56. The molecule has 1 aliphatic carbocycles. The molecule has 1 aliphatic rings. The van der Waals surface area contributed by atoms with Gasteiger partial charge < -0.3 is 16.2 Å². The summed E-state index contributed by atoms with van der Waals surface area (Å²) in [5.41, 5.74) is 6.57. The van der Waals surface area contributed by atoms with Crippen molar-refractivity contribution in [2.75, 3.05) is 13.2 Å². The van der Waals surface area contributed by atoms with Crippen LogP contribution in [0.2, 0.25) is 0 Å². The molecule has 1 amide bonds. The predicted octanol–water partition coefficient (Wildman–Crippen LogP) is 1.62. The molecule has 1 unspecified atom stereocenters. The van der Waals surface area contributed by atoms with Gasteiger partial charge in [-0.25, -0.2) is 0 Å². The van der Waals surface area contributed by atoms with Gasteiger partial charge in [-0.3, -0.25) is 4.79 Å². The average molecular weight is 290 g/mol. The van der Waals surface area contributed by atoms with Crippen molar-refractivity contribution in [3.8, 4) is 0 Å². The zero-order valence-electron chi connectivity index (χ0n) is 12.6. The number of hydrogen-bond acceptors (Lipinski definition) is 3. The average Bonchev–Trinajstić information content (AvgIpc) is 2.55. The SMILES string of the molecule is NCC1(C(=O)NC(CO)Cc2ccccc2)CCCCC1. The van der Waals surface area contributed by atoms with Gasteiger partial charge in [-0.1, -0.05) is 49.6 Å². The van der Waals surface area contributed by atoms with E-state index in [-0.39, 0.29) is 18.6 Å². The molecule has 1 atom stereocenters. The zero-order chi connectivity index (χ0) is 15.1. The number of hydrogen-bond donors (Lipinski definition) is 3. The van der Waals surface area contributed by atoms with Crippen LogP contribution in [-0.4, -0.2) is 30.2 Å². The van der Waals surface area contributed by atoms with Crippen molar-refractivity contribution >= 4 is 5.91 Å². The van der Waals surface area contributed by atoms with E-state index in [9.17, 15) is 9.90 Å². The molecule has 1 saturated carbocycles. The van der Waals surface area contributed by atoms with Crippen LogP contribution in [0.4, 0.5) is 0 Å². The highest BCUT2D eigenvalue weighted by molar-refractivity contribution is 5.83. The number of benzene rings is 1. The number of amides is 1. The monoisotopic (exact) mass is 290 g/mol. The topological polar surface area (TPSA) is 75.4 Å². The molecule has 4 heteroatoms. The summed E-state index contributed by atoms with van der Waals surface area (Å²) in [4.78, 5) is 12.6. The first-order chi connectivity index (χ1) is 10.2. The van der Waals surface area contributed by atoms with E-state index >= 15 is 0 Å². The lowest BCUT2D eigenvalue weighted by Crippen LogP contribution is -2.51. The van der Waals surface area contributed by atoms with Crippen LogP contribution in [0, 0.1) is 5.41 Å². The fraction of sp³-hybridized carbons (Fsp3) is 0.588. The Labute approximate surface area is 126 Å². The summed E-state index contributed by atoms with van der Waals surface area (Å²) >= 11 is 0. The van der Waals surface area contributed by atoms with Gasteiger partial charge in [0.1, 0.15) is 0 Å². The van der Waals surface area contributed by atoms with E-state index in [4.69, 9.17) is 5.73 Å². The van der Waals surface area contributed by atoms with Gasteiger partial charge in [0.05, 0.1) is 18.1 Å². The number of nitrogens with one attached hydrogen (secondary N) is 1. The third kappa shape index (κ3) is 4.05. The quantitative estimate of drug-likeness (QED) is 0.745. The fourth-order valence-corrected chi connectivity index (χ4v) is 3.15. The van der Waals surface area contributed by atoms with E-state index in [1.165, 1.54) is 6.42 Å². The van der Waals surface area contributed by atoms with Crippen molar-refractivity contribution in [3.63, 3.8) is 0 Å². The van der Waals surface area contributed by atoms with Crippen LogP contribution in [0.5, 0.6) is 0 Å². The van der Waals surface area contributed by atoms with Crippen LogP contribution < -0.4 is 11.1 Å². The van der Waals surface area contributed by atoms with E-state index in [1.807, 2.05) is 30.3 Å². The van der Waals surface area contributed by atoms with Gasteiger partial charge in [0.25, 0.3) is 0 Å². The Hall–Kier alpha value is -1.39. The minimum Gasteiger partial charge on any atom is -0.394 e. The van der Waals surface area contributed by atoms with Crippen LogP contribution in [0.25, 0.3) is 0 Å². The maximum Gasteiger partial charge on any atom is 0.227 e. The molecule has 116 valence electrons. The predicted molar refractivity (Wildman–Crippen MR) is 83.7 cm³/mol. The Morgan fingerprint density at radius 2 is 1.90 bits per heavy atom. The van der Waals surface area contributed by atoms with Gasteiger partial charge in [-0.2, -0.15) is 0 Å². The molecule has 0 aliphatic heterocycles. The molecule has 0 radical (unpaired) electrons. The normalized spacial score (nSPS) is 19.0. The van der Waals surface area contributed by atoms with Crippen molar-refractivity contribution in [2.24, 2.45) is 11.1 Å². The summed E-state index contributed by atoms with van der Waals surface area (Å²) < 4.78 is 0. The lowest BCUT2D eigenvalue weighted by Gasteiger charge is -2.35. The number of carbonyl (C=O) groups is 1. The molecule has 0 saturated heterocycles. The van der Waals surface area contributed by atoms with Gasteiger partial charge in [-0.15, -0.1) is 0 Å². The van der Waals surface area contributed by atoms with Gasteiger partial charge in [-0.05, 0) is 24.8 Å². The van der Waals surface area contributed by atoms with E-state index in [2.05, 4.69) is 5.32 Å². The minimum atomic E-state index is -0.428. The molecular weight excluding hydrogens is 264 g/mol. The first-order valence-electron chi connectivity index (χ1n) is 7.86. The first kappa shape index (κ1) is 16.0. The number of rotatable bonds is 6. The summed E-state index contributed by atoms with van der Waals surface area (Å²) in [7, 11) is 0. The lowest BCUT2D eigenvalue weighted by atomic mass is 9.73. The van der Waals surface area contributed by atoms with Gasteiger partial charge in [0.2, 0.25) is 5.91 Å². The van der Waals surface area contributed by atoms with Crippen molar-refractivity contribution in [3.05, 3.63) is 35.9 Å². The highest BCUT2D eigenvalue weighted by atomic mass is 16.3. The molecule has 0 aromatic heterocycles. The van der Waals surface area contributed by atoms with Crippen LogP contribution >= 0.6 is 0 Å². The standard InChI is InChI=1S/C17H26N2O2/c18-13-17(9-5-2-6-10-17)16(21)19-15(12-20)11-14-7-3-1-4-8-14/h1,3-4,7-8,15,20H,2,5-6,9-13,18H2,(H,19,21). The number of carbonyl (C=O) groups excluding carboxylic acids is 1. The van der Waals surface area contributed by atoms with Gasteiger partial charge >= 0.3 is 0 Å². The van der Waals surface area contributed by atoms with Crippen molar-refractivity contribution in [1.29, 1.82) is 0 Å². The summed E-state index contributed by atoms with van der Waals surface area (Å²) in [6.07, 6.45) is 5.67. The van der Waals surface area contributed by atoms with E-state index in [0.29, 0.717) is 13.0 Å². The van der Waals surface area contributed by atoms with E-state index in [1.54, 1.807) is 0 Å². The summed E-state index contributed by atoms with van der Waals surface area (Å²) in [6, 6.07) is 9.66. The molecule has 4 N–H and O–H groups in total. The number of aliphatic hydroxyl groups is 1. The van der Waals surface area contributed by atoms with Gasteiger partial charge in [0, 0.05) is 6.54 Å². The van der Waals surface area contributed by atoms with Crippen molar-refractivity contribution < 1.29 is 9.90 Å². The van der Waals surface area contributed by atoms with Crippen LogP contribution in [-0.2, 0) is 11.2 Å². The summed E-state index contributed by atoms with van der Waals surface area (Å²) in [6.45, 7) is 0.337. The molecule has 0 heterocycles. The summed E-state index contributed by atoms with van der Waals surface area (Å²) in [5, 5.41) is 12.6. The second-order valence-electron chi connectivity index (χ2n) is 6.09. The second-order valence-corrected chi connectivity index (χ2v) is 6.09. The lowest BCUT2D eigenvalue weighted by molar-refractivity contribution is -0.133. The molecule has 0 bridgehead atoms. The van der Waals surface area contributed by atoms with Crippen molar-refractivity contribution in [1.82, 2.24) is 5.32 Å². The third-order valence-electron chi connectivity index (χ3n) is 4.56. The van der Waals surface area contributed by atoms with Crippen LogP contribution in [0.1, 0.15) is 37.7 Å². The summed E-state index contributed by atoms with van der Waals surface area (Å²) in [5.74, 6) is 0.0136. The molecule has 1 fully saturated rings. The number of nitrogens with two attached hydrogens (primary N) is 1. The second kappa shape index (κ2) is 7.57. The van der Waals surface area contributed by atoms with E-state index in [0.717, 1.165) is 31.2 Å². The van der Waals surface area contributed by atoms with Crippen LogP contribution in [0.15, 0.2) is 30.3 Å². The van der Waals surface area contributed by atoms with Gasteiger partial charge in [0.15, 0.2) is 0 Å². The Balaban J connectivity index is 1.98. The highest BCUT2D eigenvalue weighted by Gasteiger charge is 2.38. The molecule has 21 heavy (non-hydrogen) atoms. The molecule has 2 rings (SSSR count). The highest BCUT2D eigenvalue weighted by Crippen LogP contribution is 2.35. The van der Waals surface area contributed by atoms with Crippen molar-refractivity contribution in [2.45, 2.75) is 44.6 Å². The smallest absolute Gasteiger partial charge is 0.227 e. The molecular formula is C17H26N2O2. The number of aliphatic hydroxyl groups excluding tert-OH is 1. The molecule has 0 spiro atoms. The van der Waals surface area contributed by atoms with Crippen LogP contribution in [0.3, 0.4) is 0 Å². The Kier molecular flexibility index (Phi) is 5.76. The minimum absolute atomic E-state index is 0.0136. The molecule has 1 aromatic rings. The van der Waals surface area contributed by atoms with E-state index < -0.39 is 5.41 Å². The fourth-order valence-electron chi connectivity index (χ4n) is 3.15. The Bertz CT molecular complexity index is 441. The Morgan fingerprint density at radius 1 is 1.24 bits per heavy atom.